The zero-order chi connectivity index (χ0) is 20.9. The van der Waals surface area contributed by atoms with Gasteiger partial charge in [-0.2, -0.15) is 5.10 Å². The molecule has 1 fully saturated rings. The van der Waals surface area contributed by atoms with E-state index in [9.17, 15) is 4.79 Å². The van der Waals surface area contributed by atoms with Crippen LogP contribution in [0.2, 0.25) is 5.02 Å². The maximum atomic E-state index is 12.8. The van der Waals surface area contributed by atoms with Gasteiger partial charge < -0.3 is 9.64 Å². The number of carbonyl (C=O) groups excluding carboxylic acids is 1. The molecule has 6 nitrogen and oxygen atoms in total. The molecular weight excluding hydrogens is 400 g/mol. The molecule has 4 rings (SSSR count). The van der Waals surface area contributed by atoms with Gasteiger partial charge in [0.2, 0.25) is 0 Å². The molecule has 0 radical (unpaired) electrons. The van der Waals surface area contributed by atoms with Crippen molar-refractivity contribution >= 4 is 17.5 Å². The summed E-state index contributed by atoms with van der Waals surface area (Å²) < 4.78 is 7.38. The standard InChI is InChI=1S/C23H25ClN4O2/c1-18-15-20(7-8-21(18)24)30-17-28-10-9-22(25-28)23(29)27-13-11-26(12-14-27)16-19-5-3-2-4-6-19/h2-10,15H,11-14,16-17H2,1H3. The number of benzene rings is 2. The van der Waals surface area contributed by atoms with Crippen LogP contribution in [-0.2, 0) is 13.3 Å². The molecule has 1 aromatic heterocycles. The lowest BCUT2D eigenvalue weighted by Gasteiger charge is -2.34. The van der Waals surface area contributed by atoms with Crippen LogP contribution < -0.4 is 4.74 Å². The zero-order valence-electron chi connectivity index (χ0n) is 17.0. The molecule has 1 amide bonds. The number of nitrogens with zero attached hydrogens (tertiary/aromatic N) is 4. The molecule has 0 atom stereocenters. The molecule has 30 heavy (non-hydrogen) atoms. The highest BCUT2D eigenvalue weighted by Gasteiger charge is 2.23. The first-order valence-corrected chi connectivity index (χ1v) is 10.4. The van der Waals surface area contributed by atoms with Crippen molar-refractivity contribution in [2.45, 2.75) is 20.2 Å². The minimum atomic E-state index is -0.0320. The molecule has 0 saturated carbocycles. The molecular formula is C23H25ClN4O2. The van der Waals surface area contributed by atoms with Gasteiger partial charge in [-0.3, -0.25) is 9.69 Å². The fraction of sp³-hybridized carbons (Fsp3) is 0.304. The van der Waals surface area contributed by atoms with Crippen molar-refractivity contribution in [1.82, 2.24) is 19.6 Å². The van der Waals surface area contributed by atoms with Gasteiger partial charge in [0, 0.05) is 43.9 Å². The van der Waals surface area contributed by atoms with E-state index in [0.717, 1.165) is 30.9 Å². The van der Waals surface area contributed by atoms with E-state index in [4.69, 9.17) is 16.3 Å². The Hall–Kier alpha value is -2.83. The quantitative estimate of drug-likeness (QED) is 0.603. The summed E-state index contributed by atoms with van der Waals surface area (Å²) in [5, 5.41) is 5.09. The number of ether oxygens (including phenoxy) is 1. The number of hydrogen-bond donors (Lipinski definition) is 0. The highest BCUT2D eigenvalue weighted by Crippen LogP contribution is 2.21. The molecule has 1 aliphatic rings. The normalized spacial score (nSPS) is 14.7. The summed E-state index contributed by atoms with van der Waals surface area (Å²) in [5.41, 5.74) is 2.70. The van der Waals surface area contributed by atoms with Crippen molar-refractivity contribution in [3.8, 4) is 5.75 Å². The number of carbonyl (C=O) groups is 1. The van der Waals surface area contributed by atoms with Crippen LogP contribution in [0.15, 0.2) is 60.8 Å². The lowest BCUT2D eigenvalue weighted by atomic mass is 10.2. The number of aryl methyl sites for hydroxylation is 1. The molecule has 156 valence electrons. The summed E-state index contributed by atoms with van der Waals surface area (Å²) in [5.74, 6) is 0.685. The third kappa shape index (κ3) is 5.01. The Bertz CT molecular complexity index is 997. The predicted octanol–water partition coefficient (Wildman–Crippen LogP) is 3.84. The Morgan fingerprint density at radius 3 is 2.57 bits per heavy atom. The minimum Gasteiger partial charge on any atom is -0.471 e. The number of piperazine rings is 1. The molecule has 0 aliphatic carbocycles. The average molecular weight is 425 g/mol. The van der Waals surface area contributed by atoms with Gasteiger partial charge >= 0.3 is 0 Å². The van der Waals surface area contributed by atoms with Crippen molar-refractivity contribution in [3.63, 3.8) is 0 Å². The molecule has 0 spiro atoms. The molecule has 0 bridgehead atoms. The second-order valence-electron chi connectivity index (χ2n) is 7.48. The number of aromatic nitrogens is 2. The Kier molecular flexibility index (Phi) is 6.35. The van der Waals surface area contributed by atoms with Crippen molar-refractivity contribution in [2.75, 3.05) is 26.2 Å². The van der Waals surface area contributed by atoms with Crippen LogP contribution in [0.3, 0.4) is 0 Å². The van der Waals surface area contributed by atoms with E-state index in [0.29, 0.717) is 23.8 Å². The molecule has 2 heterocycles. The van der Waals surface area contributed by atoms with Crippen LogP contribution in [-0.4, -0.2) is 51.7 Å². The summed E-state index contributed by atoms with van der Waals surface area (Å²) in [6.45, 7) is 6.22. The van der Waals surface area contributed by atoms with E-state index in [1.807, 2.05) is 36.1 Å². The van der Waals surface area contributed by atoms with Crippen LogP contribution in [0.25, 0.3) is 0 Å². The van der Waals surface area contributed by atoms with Gasteiger partial charge in [0.05, 0.1) is 0 Å². The van der Waals surface area contributed by atoms with E-state index >= 15 is 0 Å². The van der Waals surface area contributed by atoms with Gasteiger partial charge in [-0.25, -0.2) is 4.68 Å². The second kappa shape index (κ2) is 9.32. The van der Waals surface area contributed by atoms with Gasteiger partial charge in [0.15, 0.2) is 12.4 Å². The highest BCUT2D eigenvalue weighted by molar-refractivity contribution is 6.31. The third-order valence-electron chi connectivity index (χ3n) is 5.26. The SMILES string of the molecule is Cc1cc(OCn2ccc(C(=O)N3CCN(Cc4ccccc4)CC3)n2)ccc1Cl. The molecule has 0 unspecified atom stereocenters. The Balaban J connectivity index is 1.28. The molecule has 1 saturated heterocycles. The highest BCUT2D eigenvalue weighted by atomic mass is 35.5. The first kappa shape index (κ1) is 20.4. The third-order valence-corrected chi connectivity index (χ3v) is 5.69. The number of rotatable bonds is 6. The van der Waals surface area contributed by atoms with Crippen molar-refractivity contribution < 1.29 is 9.53 Å². The maximum absolute atomic E-state index is 12.8. The van der Waals surface area contributed by atoms with Crippen LogP contribution >= 0.6 is 11.6 Å². The fourth-order valence-corrected chi connectivity index (χ4v) is 3.63. The largest absolute Gasteiger partial charge is 0.471 e. The van der Waals surface area contributed by atoms with Crippen LogP contribution in [0.1, 0.15) is 21.6 Å². The van der Waals surface area contributed by atoms with Crippen LogP contribution in [0, 0.1) is 6.92 Å². The van der Waals surface area contributed by atoms with Gasteiger partial charge in [-0.1, -0.05) is 41.9 Å². The maximum Gasteiger partial charge on any atom is 0.274 e. The summed E-state index contributed by atoms with van der Waals surface area (Å²) >= 11 is 6.04. The Morgan fingerprint density at radius 1 is 1.07 bits per heavy atom. The van der Waals surface area contributed by atoms with Crippen molar-refractivity contribution in [1.29, 1.82) is 0 Å². The summed E-state index contributed by atoms with van der Waals surface area (Å²) in [7, 11) is 0. The first-order chi connectivity index (χ1) is 14.6. The van der Waals surface area contributed by atoms with Gasteiger partial charge in [-0.05, 0) is 42.3 Å². The monoisotopic (exact) mass is 424 g/mol. The van der Waals surface area contributed by atoms with E-state index < -0.39 is 0 Å². The van der Waals surface area contributed by atoms with E-state index in [1.165, 1.54) is 5.56 Å². The van der Waals surface area contributed by atoms with E-state index in [2.05, 4.69) is 34.3 Å². The fourth-order valence-electron chi connectivity index (χ4n) is 3.51. The lowest BCUT2D eigenvalue weighted by Crippen LogP contribution is -2.48. The molecule has 2 aromatic carbocycles. The lowest BCUT2D eigenvalue weighted by molar-refractivity contribution is 0.0621. The molecule has 3 aromatic rings. The second-order valence-corrected chi connectivity index (χ2v) is 7.89. The van der Waals surface area contributed by atoms with Gasteiger partial charge in [0.1, 0.15) is 5.75 Å². The van der Waals surface area contributed by atoms with Crippen LogP contribution in [0.5, 0.6) is 5.75 Å². The molecule has 7 heteroatoms. The smallest absolute Gasteiger partial charge is 0.274 e. The number of amides is 1. The Morgan fingerprint density at radius 2 is 1.83 bits per heavy atom. The van der Waals surface area contributed by atoms with E-state index in [-0.39, 0.29) is 12.6 Å². The van der Waals surface area contributed by atoms with Crippen LogP contribution in [0.4, 0.5) is 0 Å². The topological polar surface area (TPSA) is 50.6 Å². The van der Waals surface area contributed by atoms with Crippen molar-refractivity contribution in [2.24, 2.45) is 0 Å². The first-order valence-electron chi connectivity index (χ1n) is 10.1. The van der Waals surface area contributed by atoms with Gasteiger partial charge in [0.25, 0.3) is 5.91 Å². The van der Waals surface area contributed by atoms with Gasteiger partial charge in [-0.15, -0.1) is 0 Å². The minimum absolute atomic E-state index is 0.0320. The summed E-state index contributed by atoms with van der Waals surface area (Å²) in [6, 6.07) is 17.7. The average Bonchev–Trinajstić information content (AvgIpc) is 3.24. The molecule has 1 aliphatic heterocycles. The summed E-state index contributed by atoms with van der Waals surface area (Å²) in [6.07, 6.45) is 1.77. The zero-order valence-corrected chi connectivity index (χ0v) is 17.8. The number of halogens is 1. The molecule has 0 N–H and O–H groups in total. The number of hydrogen-bond acceptors (Lipinski definition) is 4. The Labute approximate surface area is 181 Å². The summed E-state index contributed by atoms with van der Waals surface area (Å²) in [4.78, 5) is 17.1. The predicted molar refractivity (Wildman–Crippen MR) is 117 cm³/mol. The van der Waals surface area contributed by atoms with Crippen molar-refractivity contribution in [3.05, 3.63) is 82.6 Å². The van der Waals surface area contributed by atoms with E-state index in [1.54, 1.807) is 16.9 Å².